The molecule has 11 heteroatoms. The Morgan fingerprint density at radius 1 is 1.14 bits per heavy atom. The van der Waals surface area contributed by atoms with Crippen molar-refractivity contribution in [2.24, 2.45) is 11.8 Å². The van der Waals surface area contributed by atoms with Gasteiger partial charge in [-0.05, 0) is 13.8 Å². The van der Waals surface area contributed by atoms with Gasteiger partial charge in [0.05, 0.1) is 25.9 Å². The van der Waals surface area contributed by atoms with E-state index in [1.54, 1.807) is 6.92 Å². The van der Waals surface area contributed by atoms with Crippen molar-refractivity contribution in [1.29, 1.82) is 0 Å². The van der Waals surface area contributed by atoms with Crippen molar-refractivity contribution in [3.8, 4) is 0 Å². The molecule has 2 unspecified atom stereocenters. The zero-order valence-corrected chi connectivity index (χ0v) is 15.8. The smallest absolute Gasteiger partial charge is 0.338 e. The fraction of sp³-hybridized carbons (Fsp3) is 0.722. The number of hydrogen-bond acceptors (Lipinski definition) is 11. The predicted molar refractivity (Wildman–Crippen MR) is 87.0 cm³/mol. The number of rotatable bonds is 4. The molecule has 4 aliphatic rings. The van der Waals surface area contributed by atoms with Crippen LogP contribution in [-0.4, -0.2) is 79.5 Å². The highest BCUT2D eigenvalue weighted by Gasteiger charge is 2.62. The van der Waals surface area contributed by atoms with Crippen molar-refractivity contribution >= 4 is 29.3 Å². The van der Waals surface area contributed by atoms with Gasteiger partial charge in [0.2, 0.25) is 18.4 Å². The zero-order valence-electron chi connectivity index (χ0n) is 15.8. The van der Waals surface area contributed by atoms with E-state index in [4.69, 9.17) is 28.4 Å². The fourth-order valence-electron chi connectivity index (χ4n) is 4.19. The second kappa shape index (κ2) is 7.24. The van der Waals surface area contributed by atoms with Gasteiger partial charge >= 0.3 is 11.9 Å². The monoisotopic (exact) mass is 412 g/mol. The van der Waals surface area contributed by atoms with Crippen molar-refractivity contribution in [2.75, 3.05) is 19.8 Å². The molecule has 7 atom stereocenters. The molecule has 0 spiro atoms. The van der Waals surface area contributed by atoms with E-state index in [-0.39, 0.29) is 26.2 Å². The van der Waals surface area contributed by atoms with Crippen LogP contribution >= 0.6 is 0 Å². The number of hydrogen-bond donors (Lipinski definition) is 0. The number of ether oxygens (including phenoxy) is 6. The maximum Gasteiger partial charge on any atom is 0.338 e. The summed E-state index contributed by atoms with van der Waals surface area (Å²) in [4.78, 5) is 63.4. The molecule has 0 aromatic rings. The maximum atomic E-state index is 13.1. The largest absolute Gasteiger partial charge is 0.466 e. The number of carbonyl (C=O) groups excluding carboxylic acids is 5. The zero-order chi connectivity index (χ0) is 20.9. The summed E-state index contributed by atoms with van der Waals surface area (Å²) in [7, 11) is 0. The Labute approximate surface area is 164 Å². The van der Waals surface area contributed by atoms with Gasteiger partial charge in [-0.15, -0.1) is 0 Å². The van der Waals surface area contributed by atoms with Gasteiger partial charge in [0.25, 0.3) is 5.78 Å². The van der Waals surface area contributed by atoms with Crippen LogP contribution < -0.4 is 0 Å². The van der Waals surface area contributed by atoms with Crippen LogP contribution in [0.4, 0.5) is 0 Å². The molecule has 0 saturated carbocycles. The van der Waals surface area contributed by atoms with E-state index in [1.807, 2.05) is 0 Å². The van der Waals surface area contributed by atoms with E-state index in [1.165, 1.54) is 6.92 Å². The van der Waals surface area contributed by atoms with E-state index >= 15 is 0 Å². The Kier molecular flexibility index (Phi) is 5.01. The summed E-state index contributed by atoms with van der Waals surface area (Å²) in [6, 6.07) is 0. The van der Waals surface area contributed by atoms with Crippen molar-refractivity contribution in [1.82, 2.24) is 0 Å². The number of ketones is 3. The highest BCUT2D eigenvalue weighted by molar-refractivity contribution is 6.42. The maximum absolute atomic E-state index is 13.1. The third-order valence-electron chi connectivity index (χ3n) is 5.60. The first-order chi connectivity index (χ1) is 13.8. The number of fused-ring (bicyclic) bond motifs is 4. The Morgan fingerprint density at radius 2 is 1.86 bits per heavy atom. The van der Waals surface area contributed by atoms with Crippen LogP contribution in [0.25, 0.3) is 0 Å². The second-order valence-corrected chi connectivity index (χ2v) is 7.42. The van der Waals surface area contributed by atoms with Crippen LogP contribution in [0.1, 0.15) is 20.3 Å². The molecule has 4 bridgehead atoms. The summed E-state index contributed by atoms with van der Waals surface area (Å²) in [5, 5.41) is 0. The van der Waals surface area contributed by atoms with Gasteiger partial charge in [0.1, 0.15) is 5.92 Å². The predicted octanol–water partition coefficient (Wildman–Crippen LogP) is -1.31. The number of esters is 2. The Bertz CT molecular complexity index is 776. The number of carbonyl (C=O) groups is 5. The molecule has 4 aliphatic heterocycles. The van der Waals surface area contributed by atoms with Crippen LogP contribution in [0.15, 0.2) is 0 Å². The van der Waals surface area contributed by atoms with E-state index in [9.17, 15) is 24.0 Å². The van der Waals surface area contributed by atoms with Crippen LogP contribution in [-0.2, 0) is 52.4 Å². The number of cyclic esters (lactones) is 1. The molecular weight excluding hydrogens is 392 g/mol. The first kappa shape index (κ1) is 20.1. The van der Waals surface area contributed by atoms with E-state index in [0.29, 0.717) is 0 Å². The Morgan fingerprint density at radius 3 is 2.59 bits per heavy atom. The van der Waals surface area contributed by atoms with Crippen LogP contribution in [0.5, 0.6) is 0 Å². The van der Waals surface area contributed by atoms with Gasteiger partial charge in [-0.25, -0.2) is 4.79 Å². The summed E-state index contributed by atoms with van der Waals surface area (Å²) in [6.45, 7) is 2.47. The number of Topliss-reactive ketones (excluding diaryl/α,β-unsaturated/α-hetero) is 3. The van der Waals surface area contributed by atoms with E-state index < -0.39 is 71.5 Å². The lowest BCUT2D eigenvalue weighted by atomic mass is 9.71. The molecule has 0 aromatic heterocycles. The van der Waals surface area contributed by atoms with Gasteiger partial charge in [-0.1, -0.05) is 0 Å². The highest BCUT2D eigenvalue weighted by Crippen LogP contribution is 2.42. The first-order valence-electron chi connectivity index (χ1n) is 9.31. The lowest BCUT2D eigenvalue weighted by molar-refractivity contribution is -0.202. The topological polar surface area (TPSA) is 141 Å². The molecule has 0 N–H and O–H groups in total. The summed E-state index contributed by atoms with van der Waals surface area (Å²) in [5.74, 6) is -6.86. The molecule has 4 fully saturated rings. The standard InChI is InChI=1S/C18H20O11/c1-3-24-15(23)11(7-4-8(19)16-25-5-9(7)27-16)18(2)13(21)12(20)17-26-6-10(28-17)14(22)29-18/h7,9-11,16-17H,3-6H2,1-2H3/t7-,9+,10?,11-,16+,17?,18-/m0/s1. The van der Waals surface area contributed by atoms with Crippen LogP contribution in [0, 0.1) is 11.8 Å². The quantitative estimate of drug-likeness (QED) is 0.401. The van der Waals surface area contributed by atoms with Crippen molar-refractivity contribution in [2.45, 2.75) is 50.7 Å². The normalized spacial score (nSPS) is 40.3. The van der Waals surface area contributed by atoms with Gasteiger partial charge in [0.15, 0.2) is 17.5 Å². The molecule has 0 aromatic carbocycles. The van der Waals surface area contributed by atoms with Gasteiger partial charge < -0.3 is 28.4 Å². The Hall–Kier alpha value is -2.21. The summed E-state index contributed by atoms with van der Waals surface area (Å²) >= 11 is 0. The minimum atomic E-state index is -2.22. The Balaban J connectivity index is 1.76. The molecule has 29 heavy (non-hydrogen) atoms. The van der Waals surface area contributed by atoms with E-state index in [2.05, 4.69) is 0 Å². The van der Waals surface area contributed by atoms with Crippen LogP contribution in [0.2, 0.25) is 0 Å². The van der Waals surface area contributed by atoms with E-state index in [0.717, 1.165) is 0 Å². The van der Waals surface area contributed by atoms with Gasteiger partial charge in [0, 0.05) is 12.3 Å². The molecular formula is C18H20O11. The van der Waals surface area contributed by atoms with Crippen LogP contribution in [0.3, 0.4) is 0 Å². The third kappa shape index (κ3) is 3.18. The second-order valence-electron chi connectivity index (χ2n) is 7.42. The molecule has 158 valence electrons. The molecule has 11 nitrogen and oxygen atoms in total. The lowest BCUT2D eigenvalue weighted by Crippen LogP contribution is -2.61. The minimum Gasteiger partial charge on any atom is -0.466 e. The van der Waals surface area contributed by atoms with Crippen molar-refractivity contribution in [3.63, 3.8) is 0 Å². The molecule has 0 radical (unpaired) electrons. The van der Waals surface area contributed by atoms with Gasteiger partial charge in [-0.2, -0.15) is 0 Å². The summed E-state index contributed by atoms with van der Waals surface area (Å²) in [6.07, 6.45) is -4.65. The first-order valence-corrected chi connectivity index (χ1v) is 9.31. The summed E-state index contributed by atoms with van der Waals surface area (Å²) in [5.41, 5.74) is -2.22. The van der Waals surface area contributed by atoms with Crippen molar-refractivity contribution in [3.05, 3.63) is 0 Å². The van der Waals surface area contributed by atoms with Gasteiger partial charge in [-0.3, -0.25) is 19.2 Å². The minimum absolute atomic E-state index is 0.0145. The lowest BCUT2D eigenvalue weighted by Gasteiger charge is -2.41. The molecule has 0 aliphatic carbocycles. The summed E-state index contributed by atoms with van der Waals surface area (Å²) < 4.78 is 31.5. The molecule has 4 heterocycles. The average molecular weight is 412 g/mol. The SMILES string of the molecule is CCOC(=O)[C@H]([C@H]1CC(=O)[C@@H]2OC[C@H]1O2)[C@]1(C)OC(=O)C2COC(O2)C(=O)C1=O. The third-order valence-corrected chi connectivity index (χ3v) is 5.60. The highest BCUT2D eigenvalue weighted by atomic mass is 16.7. The molecule has 4 rings (SSSR count). The van der Waals surface area contributed by atoms with Crippen molar-refractivity contribution < 1.29 is 52.4 Å². The molecule has 4 saturated heterocycles. The molecule has 0 amide bonds. The average Bonchev–Trinajstić information content (AvgIpc) is 3.33. The fourth-order valence-corrected chi connectivity index (χ4v) is 4.19.